The van der Waals surface area contributed by atoms with E-state index < -0.39 is 12.7 Å². The molecule has 164 valence electrons. The number of guanidine groups is 1. The first-order valence-electron chi connectivity index (χ1n) is 9.59. The Kier molecular flexibility index (Phi) is 9.27. The number of para-hydroxylation sites is 1. The molecule has 0 radical (unpaired) electrons. The average Bonchev–Trinajstić information content (AvgIpc) is 2.72. The molecule has 2 aromatic rings. The molecular weight excluding hydrogens is 399 g/mol. The molecule has 2 aromatic carbocycles. The molecule has 0 aromatic heterocycles. The molecule has 3 N–H and O–H groups in total. The highest BCUT2D eigenvalue weighted by Crippen LogP contribution is 2.33. The van der Waals surface area contributed by atoms with Crippen molar-refractivity contribution < 1.29 is 27.8 Å². The number of aliphatic hydroxyl groups is 1. The highest BCUT2D eigenvalue weighted by Gasteiger charge is 2.16. The quantitative estimate of drug-likeness (QED) is 0.401. The summed E-state index contributed by atoms with van der Waals surface area (Å²) < 4.78 is 48.7. The number of benzene rings is 2. The van der Waals surface area contributed by atoms with E-state index >= 15 is 0 Å². The lowest BCUT2D eigenvalue weighted by Gasteiger charge is -2.17. The van der Waals surface area contributed by atoms with E-state index in [1.165, 1.54) is 24.3 Å². The molecule has 0 saturated heterocycles. The molecule has 0 bridgehead atoms. The van der Waals surface area contributed by atoms with Gasteiger partial charge in [0.15, 0.2) is 17.5 Å². The third kappa shape index (κ3) is 7.14. The first-order valence-corrected chi connectivity index (χ1v) is 9.59. The molecule has 6 nitrogen and oxygen atoms in total. The highest BCUT2D eigenvalue weighted by molar-refractivity contribution is 5.79. The third-order valence-electron chi connectivity index (χ3n) is 4.04. The molecule has 30 heavy (non-hydrogen) atoms. The van der Waals surface area contributed by atoms with Crippen molar-refractivity contribution in [3.8, 4) is 11.5 Å². The fourth-order valence-electron chi connectivity index (χ4n) is 2.68. The Hall–Kier alpha value is -2.94. The largest absolute Gasteiger partial charge is 0.490 e. The van der Waals surface area contributed by atoms with Gasteiger partial charge in [0, 0.05) is 18.7 Å². The van der Waals surface area contributed by atoms with Gasteiger partial charge in [-0.25, -0.2) is 9.38 Å². The van der Waals surface area contributed by atoms with Crippen LogP contribution in [0.15, 0.2) is 47.5 Å². The van der Waals surface area contributed by atoms with Gasteiger partial charge in [0.05, 0.1) is 19.3 Å². The van der Waals surface area contributed by atoms with Crippen molar-refractivity contribution in [3.63, 3.8) is 0 Å². The van der Waals surface area contributed by atoms with E-state index in [1.54, 1.807) is 25.1 Å². The zero-order valence-electron chi connectivity index (χ0n) is 16.9. The van der Waals surface area contributed by atoms with Crippen LogP contribution in [0, 0.1) is 5.82 Å². The van der Waals surface area contributed by atoms with Crippen molar-refractivity contribution in [3.05, 3.63) is 59.4 Å². The van der Waals surface area contributed by atoms with Crippen LogP contribution in [0.5, 0.6) is 11.5 Å². The van der Waals surface area contributed by atoms with Crippen molar-refractivity contribution in [2.75, 3.05) is 19.7 Å². The minimum Gasteiger partial charge on any atom is -0.490 e. The van der Waals surface area contributed by atoms with Gasteiger partial charge >= 0.3 is 6.61 Å². The number of aliphatic hydroxyl groups excluding tert-OH is 1. The van der Waals surface area contributed by atoms with Crippen LogP contribution < -0.4 is 20.1 Å². The first-order chi connectivity index (χ1) is 14.4. The normalized spacial score (nSPS) is 12.6. The van der Waals surface area contributed by atoms with Crippen LogP contribution in [0.4, 0.5) is 13.2 Å². The van der Waals surface area contributed by atoms with Crippen molar-refractivity contribution in [2.45, 2.75) is 33.1 Å². The Morgan fingerprint density at radius 1 is 1.10 bits per heavy atom. The highest BCUT2D eigenvalue weighted by atomic mass is 19.3. The predicted octanol–water partition coefficient (Wildman–Crippen LogP) is 3.61. The monoisotopic (exact) mass is 425 g/mol. The van der Waals surface area contributed by atoms with E-state index in [4.69, 9.17) is 4.74 Å². The third-order valence-corrected chi connectivity index (χ3v) is 4.04. The van der Waals surface area contributed by atoms with E-state index in [0.717, 1.165) is 0 Å². The second kappa shape index (κ2) is 11.9. The van der Waals surface area contributed by atoms with Crippen LogP contribution in [0.3, 0.4) is 0 Å². The SMILES string of the molecule is CCNC(=NCc1cccc(OCC)c1OC(F)F)NCC(O)c1ccc(F)cc1. The second-order valence-corrected chi connectivity index (χ2v) is 6.20. The lowest BCUT2D eigenvalue weighted by Crippen LogP contribution is -2.39. The summed E-state index contributed by atoms with van der Waals surface area (Å²) in [7, 11) is 0. The standard InChI is InChI=1S/C21H26F3N3O3/c1-3-25-21(27-13-17(28)14-8-10-16(22)11-9-14)26-12-15-6-5-7-18(29-4-2)19(15)30-20(23)24/h5-11,17,20,28H,3-4,12-13H2,1-2H3,(H2,25,26,27). The number of ether oxygens (including phenoxy) is 2. The summed E-state index contributed by atoms with van der Waals surface area (Å²) in [4.78, 5) is 4.38. The van der Waals surface area contributed by atoms with Gasteiger partial charge in [-0.15, -0.1) is 0 Å². The maximum Gasteiger partial charge on any atom is 0.387 e. The molecular formula is C21H26F3N3O3. The summed E-state index contributed by atoms with van der Waals surface area (Å²) in [6.07, 6.45) is -0.881. The molecule has 0 aliphatic rings. The Labute approximate surface area is 173 Å². The first kappa shape index (κ1) is 23.3. The molecule has 0 spiro atoms. The van der Waals surface area contributed by atoms with Gasteiger partial charge in [-0.05, 0) is 37.6 Å². The van der Waals surface area contributed by atoms with Crippen LogP contribution in [0.2, 0.25) is 0 Å². The van der Waals surface area contributed by atoms with Gasteiger partial charge in [-0.1, -0.05) is 24.3 Å². The molecule has 9 heteroatoms. The topological polar surface area (TPSA) is 75.1 Å². The van der Waals surface area contributed by atoms with Gasteiger partial charge in [-0.3, -0.25) is 0 Å². The van der Waals surface area contributed by atoms with Gasteiger partial charge in [0.1, 0.15) is 5.82 Å². The summed E-state index contributed by atoms with van der Waals surface area (Å²) in [6, 6.07) is 10.4. The molecule has 0 fully saturated rings. The fourth-order valence-corrected chi connectivity index (χ4v) is 2.68. The van der Waals surface area contributed by atoms with Gasteiger partial charge < -0.3 is 25.2 Å². The maximum atomic E-state index is 13.0. The number of alkyl halides is 2. The summed E-state index contributed by atoms with van der Waals surface area (Å²) in [5, 5.41) is 16.3. The number of nitrogens with zero attached hydrogens (tertiary/aromatic N) is 1. The number of halogens is 3. The van der Waals surface area contributed by atoms with Crippen molar-refractivity contribution in [1.82, 2.24) is 10.6 Å². The molecule has 0 aliphatic carbocycles. The lowest BCUT2D eigenvalue weighted by molar-refractivity contribution is -0.0520. The van der Waals surface area contributed by atoms with Crippen LogP contribution in [0.1, 0.15) is 31.1 Å². The average molecular weight is 425 g/mol. The zero-order valence-corrected chi connectivity index (χ0v) is 16.9. The molecule has 0 saturated carbocycles. The van der Waals surface area contributed by atoms with Gasteiger partial charge in [0.25, 0.3) is 0 Å². The minimum absolute atomic E-state index is 0.0466. The van der Waals surface area contributed by atoms with Crippen molar-refractivity contribution >= 4 is 5.96 Å². The van der Waals surface area contributed by atoms with E-state index in [9.17, 15) is 18.3 Å². The maximum absolute atomic E-state index is 13.0. The van der Waals surface area contributed by atoms with Crippen LogP contribution in [-0.4, -0.2) is 37.4 Å². The number of aliphatic imine (C=N–C) groups is 1. The molecule has 1 atom stereocenters. The van der Waals surface area contributed by atoms with Crippen LogP contribution in [-0.2, 0) is 6.54 Å². The fraction of sp³-hybridized carbons (Fsp3) is 0.381. The van der Waals surface area contributed by atoms with Crippen molar-refractivity contribution in [2.24, 2.45) is 4.99 Å². The Balaban J connectivity index is 2.11. The zero-order chi connectivity index (χ0) is 21.9. The summed E-state index contributed by atoms with van der Waals surface area (Å²) in [5.74, 6) is 0.156. The molecule has 0 heterocycles. The number of hydrogen-bond acceptors (Lipinski definition) is 4. The van der Waals surface area contributed by atoms with Crippen LogP contribution >= 0.6 is 0 Å². The Bertz CT molecular complexity index is 817. The molecule has 1 unspecified atom stereocenters. The smallest absolute Gasteiger partial charge is 0.387 e. The lowest BCUT2D eigenvalue weighted by atomic mass is 10.1. The molecule has 0 amide bonds. The summed E-state index contributed by atoms with van der Waals surface area (Å²) >= 11 is 0. The van der Waals surface area contributed by atoms with Crippen molar-refractivity contribution in [1.29, 1.82) is 0 Å². The van der Waals surface area contributed by atoms with E-state index in [2.05, 4.69) is 20.4 Å². The van der Waals surface area contributed by atoms with Gasteiger partial charge in [-0.2, -0.15) is 8.78 Å². The number of hydrogen-bond donors (Lipinski definition) is 3. The van der Waals surface area contributed by atoms with E-state index in [1.807, 2.05) is 6.92 Å². The van der Waals surface area contributed by atoms with E-state index in [0.29, 0.717) is 30.2 Å². The Morgan fingerprint density at radius 2 is 1.83 bits per heavy atom. The van der Waals surface area contributed by atoms with E-state index in [-0.39, 0.29) is 30.4 Å². The number of rotatable bonds is 10. The van der Waals surface area contributed by atoms with Crippen LogP contribution in [0.25, 0.3) is 0 Å². The second-order valence-electron chi connectivity index (χ2n) is 6.20. The van der Waals surface area contributed by atoms with Gasteiger partial charge in [0.2, 0.25) is 0 Å². The summed E-state index contributed by atoms with van der Waals surface area (Å²) in [6.45, 7) is 1.65. The minimum atomic E-state index is -2.99. The predicted molar refractivity (Wildman–Crippen MR) is 108 cm³/mol. The molecule has 0 aliphatic heterocycles. The molecule has 2 rings (SSSR count). The summed E-state index contributed by atoms with van der Waals surface area (Å²) in [5.41, 5.74) is 0.981. The Morgan fingerprint density at radius 3 is 2.47 bits per heavy atom. The number of nitrogens with one attached hydrogen (secondary N) is 2.